The number of furan rings is 1. The monoisotopic (exact) mass is 396 g/mol. The highest BCUT2D eigenvalue weighted by Gasteiger charge is 2.28. The Labute approximate surface area is 170 Å². The number of benzene rings is 1. The summed E-state index contributed by atoms with van der Waals surface area (Å²) in [4.78, 5) is 19.7. The van der Waals surface area contributed by atoms with Gasteiger partial charge in [0.15, 0.2) is 5.76 Å². The SMILES string of the molecule is Cc1cc(C)c2nc(Cl)c(CN(C(=O)c3ccco3)C3CCCCC3)cc2c1. The number of carbonyl (C=O) groups excluding carboxylic acids is 1. The average molecular weight is 397 g/mol. The first-order chi connectivity index (χ1) is 13.5. The lowest BCUT2D eigenvalue weighted by Gasteiger charge is -2.34. The van der Waals surface area contributed by atoms with Crippen molar-refractivity contribution in [2.45, 2.75) is 58.5 Å². The van der Waals surface area contributed by atoms with E-state index in [0.29, 0.717) is 17.5 Å². The zero-order valence-corrected chi connectivity index (χ0v) is 17.1. The van der Waals surface area contributed by atoms with Crippen molar-refractivity contribution in [3.05, 3.63) is 64.2 Å². The summed E-state index contributed by atoms with van der Waals surface area (Å²) in [6, 6.07) is 10.00. The highest BCUT2D eigenvalue weighted by atomic mass is 35.5. The van der Waals surface area contributed by atoms with Gasteiger partial charge in [0, 0.05) is 23.5 Å². The minimum absolute atomic E-state index is 0.0755. The standard InChI is InChI=1S/C23H25ClN2O2/c1-15-11-16(2)21-17(12-15)13-18(22(24)25-21)14-26(19-7-4-3-5-8-19)23(27)20-9-6-10-28-20/h6,9-13,19H,3-5,7-8,14H2,1-2H3. The Morgan fingerprint density at radius 3 is 2.71 bits per heavy atom. The Morgan fingerprint density at radius 1 is 1.21 bits per heavy atom. The summed E-state index contributed by atoms with van der Waals surface area (Å²) in [5.41, 5.74) is 4.10. The van der Waals surface area contributed by atoms with Gasteiger partial charge in [-0.05, 0) is 56.5 Å². The Morgan fingerprint density at radius 2 is 2.00 bits per heavy atom. The Kier molecular flexibility index (Phi) is 5.40. The average Bonchev–Trinajstić information content (AvgIpc) is 3.22. The van der Waals surface area contributed by atoms with Gasteiger partial charge in [-0.15, -0.1) is 0 Å². The van der Waals surface area contributed by atoms with Gasteiger partial charge >= 0.3 is 0 Å². The summed E-state index contributed by atoms with van der Waals surface area (Å²) >= 11 is 6.56. The molecule has 1 aliphatic rings. The molecule has 4 rings (SSSR count). The minimum Gasteiger partial charge on any atom is -0.459 e. The van der Waals surface area contributed by atoms with Gasteiger partial charge < -0.3 is 9.32 Å². The largest absolute Gasteiger partial charge is 0.459 e. The number of hydrogen-bond donors (Lipinski definition) is 0. The van der Waals surface area contributed by atoms with Crippen LogP contribution in [0.15, 0.2) is 41.0 Å². The molecular formula is C23H25ClN2O2. The second-order valence-electron chi connectivity index (χ2n) is 7.79. The zero-order chi connectivity index (χ0) is 19.7. The summed E-state index contributed by atoms with van der Waals surface area (Å²) < 4.78 is 5.40. The number of carbonyl (C=O) groups is 1. The van der Waals surface area contributed by atoms with E-state index >= 15 is 0 Å². The smallest absolute Gasteiger partial charge is 0.290 e. The predicted molar refractivity (Wildman–Crippen MR) is 112 cm³/mol. The molecule has 0 radical (unpaired) electrons. The predicted octanol–water partition coefficient (Wildman–Crippen LogP) is 6.07. The van der Waals surface area contributed by atoms with Crippen LogP contribution in [0.3, 0.4) is 0 Å². The molecule has 1 saturated carbocycles. The van der Waals surface area contributed by atoms with E-state index in [1.165, 1.54) is 12.0 Å². The van der Waals surface area contributed by atoms with Crippen LogP contribution < -0.4 is 0 Å². The van der Waals surface area contributed by atoms with Crippen molar-refractivity contribution < 1.29 is 9.21 Å². The lowest BCUT2D eigenvalue weighted by molar-refractivity contribution is 0.0581. The van der Waals surface area contributed by atoms with Gasteiger partial charge in [0.25, 0.3) is 5.91 Å². The van der Waals surface area contributed by atoms with Gasteiger partial charge in [0.1, 0.15) is 5.15 Å². The second-order valence-corrected chi connectivity index (χ2v) is 8.15. The molecule has 3 aromatic rings. The van der Waals surface area contributed by atoms with E-state index in [9.17, 15) is 4.79 Å². The van der Waals surface area contributed by atoms with E-state index in [4.69, 9.17) is 16.0 Å². The molecular weight excluding hydrogens is 372 g/mol. The molecule has 146 valence electrons. The normalized spacial score (nSPS) is 15.1. The molecule has 0 bridgehead atoms. The van der Waals surface area contributed by atoms with E-state index in [-0.39, 0.29) is 11.9 Å². The third kappa shape index (κ3) is 3.79. The van der Waals surface area contributed by atoms with Crippen LogP contribution in [-0.4, -0.2) is 21.8 Å². The number of halogens is 1. The van der Waals surface area contributed by atoms with Crippen LogP contribution in [0, 0.1) is 13.8 Å². The van der Waals surface area contributed by atoms with Crippen molar-refractivity contribution in [3.8, 4) is 0 Å². The second kappa shape index (κ2) is 7.96. The number of rotatable bonds is 4. The number of aromatic nitrogens is 1. The summed E-state index contributed by atoms with van der Waals surface area (Å²) in [6.45, 7) is 4.57. The van der Waals surface area contributed by atoms with Crippen LogP contribution in [0.5, 0.6) is 0 Å². The van der Waals surface area contributed by atoms with Gasteiger partial charge in [-0.1, -0.05) is 42.5 Å². The first-order valence-electron chi connectivity index (χ1n) is 9.94. The molecule has 0 spiro atoms. The molecule has 1 amide bonds. The van der Waals surface area contributed by atoms with Crippen molar-refractivity contribution in [3.63, 3.8) is 0 Å². The van der Waals surface area contributed by atoms with Crippen LogP contribution >= 0.6 is 11.6 Å². The van der Waals surface area contributed by atoms with Crippen LogP contribution in [0.1, 0.15) is 59.3 Å². The third-order valence-electron chi connectivity index (χ3n) is 5.63. The molecule has 2 aromatic heterocycles. The van der Waals surface area contributed by atoms with Gasteiger partial charge in [-0.25, -0.2) is 4.98 Å². The van der Waals surface area contributed by atoms with Crippen LogP contribution in [0.2, 0.25) is 5.15 Å². The Bertz CT molecular complexity index is 992. The van der Waals surface area contributed by atoms with Crippen LogP contribution in [0.25, 0.3) is 10.9 Å². The maximum absolute atomic E-state index is 13.2. The van der Waals surface area contributed by atoms with Crippen molar-refractivity contribution in [1.29, 1.82) is 0 Å². The number of pyridine rings is 1. The molecule has 0 aliphatic heterocycles. The maximum Gasteiger partial charge on any atom is 0.290 e. The fourth-order valence-corrected chi connectivity index (χ4v) is 4.47. The molecule has 28 heavy (non-hydrogen) atoms. The van der Waals surface area contributed by atoms with Gasteiger partial charge in [0.05, 0.1) is 11.8 Å². The van der Waals surface area contributed by atoms with Gasteiger partial charge in [-0.2, -0.15) is 0 Å². The molecule has 4 nitrogen and oxygen atoms in total. The highest BCUT2D eigenvalue weighted by Crippen LogP contribution is 2.29. The highest BCUT2D eigenvalue weighted by molar-refractivity contribution is 6.30. The van der Waals surface area contributed by atoms with E-state index in [1.807, 2.05) is 11.8 Å². The summed E-state index contributed by atoms with van der Waals surface area (Å²) in [5.74, 6) is 0.301. The maximum atomic E-state index is 13.2. The quantitative estimate of drug-likeness (QED) is 0.502. The van der Waals surface area contributed by atoms with Gasteiger partial charge in [0.2, 0.25) is 0 Å². The molecule has 2 heterocycles. The van der Waals surface area contributed by atoms with E-state index in [1.54, 1.807) is 18.4 Å². The summed E-state index contributed by atoms with van der Waals surface area (Å²) in [7, 11) is 0. The fourth-order valence-electron chi connectivity index (χ4n) is 4.27. The van der Waals surface area contributed by atoms with Crippen LogP contribution in [-0.2, 0) is 6.54 Å². The molecule has 0 N–H and O–H groups in total. The summed E-state index contributed by atoms with van der Waals surface area (Å²) in [5, 5.41) is 1.53. The fraction of sp³-hybridized carbons (Fsp3) is 0.391. The molecule has 1 aromatic carbocycles. The van der Waals surface area contributed by atoms with Crippen molar-refractivity contribution in [1.82, 2.24) is 9.88 Å². The van der Waals surface area contributed by atoms with Gasteiger partial charge in [-0.3, -0.25) is 4.79 Å². The van der Waals surface area contributed by atoms with Crippen LogP contribution in [0.4, 0.5) is 0 Å². The zero-order valence-electron chi connectivity index (χ0n) is 16.4. The molecule has 1 aliphatic carbocycles. The first kappa shape index (κ1) is 19.0. The lowest BCUT2D eigenvalue weighted by atomic mass is 9.93. The summed E-state index contributed by atoms with van der Waals surface area (Å²) in [6.07, 6.45) is 7.11. The number of fused-ring (bicyclic) bond motifs is 1. The van der Waals surface area contributed by atoms with E-state index < -0.39 is 0 Å². The van der Waals surface area contributed by atoms with Crippen molar-refractivity contribution in [2.24, 2.45) is 0 Å². The van der Waals surface area contributed by atoms with E-state index in [0.717, 1.165) is 47.7 Å². The van der Waals surface area contributed by atoms with E-state index in [2.05, 4.69) is 30.1 Å². The first-order valence-corrected chi connectivity index (χ1v) is 10.3. The number of nitrogens with zero attached hydrogens (tertiary/aromatic N) is 2. The number of amides is 1. The molecule has 1 fully saturated rings. The van der Waals surface area contributed by atoms with Crippen molar-refractivity contribution >= 4 is 28.4 Å². The Balaban J connectivity index is 1.71. The number of hydrogen-bond acceptors (Lipinski definition) is 3. The van der Waals surface area contributed by atoms with Crippen molar-refractivity contribution in [2.75, 3.05) is 0 Å². The molecule has 5 heteroatoms. The molecule has 0 atom stereocenters. The Hall–Kier alpha value is -2.33. The number of aryl methyl sites for hydroxylation is 2. The minimum atomic E-state index is -0.0755. The molecule has 0 unspecified atom stereocenters. The topological polar surface area (TPSA) is 46.3 Å². The third-order valence-corrected chi connectivity index (χ3v) is 5.96. The lowest BCUT2D eigenvalue weighted by Crippen LogP contribution is -2.41. The molecule has 0 saturated heterocycles.